The van der Waals surface area contributed by atoms with E-state index in [-0.39, 0.29) is 4.99 Å². The second-order valence-electron chi connectivity index (χ2n) is 5.61. The van der Waals surface area contributed by atoms with Crippen LogP contribution in [0.15, 0.2) is 24.3 Å². The summed E-state index contributed by atoms with van der Waals surface area (Å²) >= 11 is 4.98. The molecule has 3 N–H and O–H groups in total. The molecule has 5 nitrogen and oxygen atoms in total. The van der Waals surface area contributed by atoms with Crippen molar-refractivity contribution in [1.82, 2.24) is 5.32 Å². The predicted molar refractivity (Wildman–Crippen MR) is 84.8 cm³/mol. The summed E-state index contributed by atoms with van der Waals surface area (Å²) in [6.07, 6.45) is -0.116. The van der Waals surface area contributed by atoms with Gasteiger partial charge in [-0.15, -0.1) is 0 Å². The van der Waals surface area contributed by atoms with E-state index < -0.39 is 17.7 Å². The lowest BCUT2D eigenvalue weighted by Gasteiger charge is -2.23. The maximum atomic E-state index is 11.8. The van der Waals surface area contributed by atoms with Gasteiger partial charge in [-0.05, 0) is 44.9 Å². The molecule has 112 valence electrons. The normalized spacial score (nSPS) is 12.1. The summed E-state index contributed by atoms with van der Waals surface area (Å²) in [5.74, 6) is 0. The first-order valence-electron chi connectivity index (χ1n) is 6.49. The predicted octanol–water partition coefficient (Wildman–Crippen LogP) is 2.28. The van der Waals surface area contributed by atoms with E-state index in [0.29, 0.717) is 12.0 Å². The van der Waals surface area contributed by atoms with Gasteiger partial charge in [0.2, 0.25) is 0 Å². The number of nitrogens with one attached hydrogen (secondary N) is 1. The van der Waals surface area contributed by atoms with E-state index in [1.54, 1.807) is 45.0 Å². The van der Waals surface area contributed by atoms with Crippen LogP contribution < -0.4 is 11.1 Å². The van der Waals surface area contributed by atoms with Crippen LogP contribution in [0, 0.1) is 11.3 Å². The van der Waals surface area contributed by atoms with Crippen LogP contribution in [0.25, 0.3) is 0 Å². The molecule has 1 aromatic rings. The molecule has 0 aliphatic rings. The van der Waals surface area contributed by atoms with E-state index in [1.807, 2.05) is 6.07 Å². The number of benzene rings is 1. The zero-order valence-electron chi connectivity index (χ0n) is 12.3. The third-order valence-electron chi connectivity index (χ3n) is 2.56. The van der Waals surface area contributed by atoms with E-state index in [1.165, 1.54) is 0 Å². The molecule has 0 saturated carbocycles. The fourth-order valence-corrected chi connectivity index (χ4v) is 1.77. The van der Waals surface area contributed by atoms with Crippen LogP contribution in [0.4, 0.5) is 4.79 Å². The lowest BCUT2D eigenvalue weighted by atomic mass is 10.0. The van der Waals surface area contributed by atoms with Crippen molar-refractivity contribution in [3.8, 4) is 6.07 Å². The first-order valence-corrected chi connectivity index (χ1v) is 6.90. The molecular formula is C15H19N3O2S. The summed E-state index contributed by atoms with van der Waals surface area (Å²) in [4.78, 5) is 12.0. The zero-order valence-corrected chi connectivity index (χ0v) is 13.2. The Morgan fingerprint density at radius 2 is 2.00 bits per heavy atom. The highest BCUT2D eigenvalue weighted by atomic mass is 32.1. The Morgan fingerprint density at radius 3 is 2.43 bits per heavy atom. The Morgan fingerprint density at radius 1 is 1.43 bits per heavy atom. The molecule has 0 saturated heterocycles. The van der Waals surface area contributed by atoms with Crippen LogP contribution in [-0.4, -0.2) is 22.7 Å². The number of nitriles is 1. The zero-order chi connectivity index (χ0) is 16.0. The molecule has 0 aliphatic carbocycles. The summed E-state index contributed by atoms with van der Waals surface area (Å²) < 4.78 is 5.18. The van der Waals surface area contributed by atoms with E-state index in [9.17, 15) is 4.79 Å². The quantitative estimate of drug-likeness (QED) is 0.833. The summed E-state index contributed by atoms with van der Waals surface area (Å²) in [7, 11) is 0. The Kier molecular flexibility index (Phi) is 5.68. The highest BCUT2D eigenvalue weighted by molar-refractivity contribution is 7.80. The lowest BCUT2D eigenvalue weighted by Crippen LogP contribution is -2.46. The van der Waals surface area contributed by atoms with Crippen LogP contribution in [0.5, 0.6) is 0 Å². The van der Waals surface area contributed by atoms with Crippen LogP contribution >= 0.6 is 12.2 Å². The van der Waals surface area contributed by atoms with Gasteiger partial charge in [-0.3, -0.25) is 0 Å². The Labute approximate surface area is 130 Å². The lowest BCUT2D eigenvalue weighted by molar-refractivity contribution is 0.0518. The summed E-state index contributed by atoms with van der Waals surface area (Å²) in [6.45, 7) is 5.34. The van der Waals surface area contributed by atoms with Gasteiger partial charge in [0.05, 0.1) is 22.7 Å². The molecule has 0 bridgehead atoms. The van der Waals surface area contributed by atoms with Crippen molar-refractivity contribution in [3.05, 3.63) is 35.4 Å². The number of thiocarbonyl (C=S) groups is 1. The first kappa shape index (κ1) is 16.9. The Bertz CT molecular complexity index is 556. The van der Waals surface area contributed by atoms with Crippen LogP contribution in [-0.2, 0) is 11.2 Å². The van der Waals surface area contributed by atoms with E-state index >= 15 is 0 Å². The van der Waals surface area contributed by atoms with Gasteiger partial charge in [-0.25, -0.2) is 4.79 Å². The molecule has 1 amide bonds. The minimum absolute atomic E-state index is 0.185. The Hall–Kier alpha value is -2.13. The average Bonchev–Trinajstić information content (AvgIpc) is 2.36. The molecule has 0 fully saturated rings. The fourth-order valence-electron chi connectivity index (χ4n) is 1.62. The van der Waals surface area contributed by atoms with Gasteiger partial charge in [-0.2, -0.15) is 5.26 Å². The first-order chi connectivity index (χ1) is 9.71. The van der Waals surface area contributed by atoms with Crippen molar-refractivity contribution in [1.29, 1.82) is 5.26 Å². The molecule has 0 spiro atoms. The molecular weight excluding hydrogens is 286 g/mol. The van der Waals surface area contributed by atoms with Crippen molar-refractivity contribution in [2.24, 2.45) is 5.73 Å². The Balaban J connectivity index is 2.72. The van der Waals surface area contributed by atoms with Gasteiger partial charge in [0.15, 0.2) is 0 Å². The topological polar surface area (TPSA) is 88.1 Å². The van der Waals surface area contributed by atoms with Gasteiger partial charge in [-0.1, -0.05) is 24.4 Å². The number of nitrogens with two attached hydrogens (primary N) is 1. The average molecular weight is 305 g/mol. The second kappa shape index (κ2) is 7.04. The molecule has 0 unspecified atom stereocenters. The molecule has 21 heavy (non-hydrogen) atoms. The molecule has 1 atom stereocenters. The van der Waals surface area contributed by atoms with E-state index in [0.717, 1.165) is 5.56 Å². The van der Waals surface area contributed by atoms with Gasteiger partial charge in [0.25, 0.3) is 0 Å². The van der Waals surface area contributed by atoms with Gasteiger partial charge < -0.3 is 15.8 Å². The third-order valence-corrected chi connectivity index (χ3v) is 2.84. The highest BCUT2D eigenvalue weighted by Gasteiger charge is 2.21. The molecule has 1 aromatic carbocycles. The minimum Gasteiger partial charge on any atom is -0.444 e. The van der Waals surface area contributed by atoms with Crippen molar-refractivity contribution in [3.63, 3.8) is 0 Å². The number of alkyl carbamates (subject to hydrolysis) is 1. The van der Waals surface area contributed by atoms with Crippen molar-refractivity contribution in [2.75, 3.05) is 0 Å². The molecule has 1 rings (SSSR count). The number of carbonyl (C=O) groups is 1. The number of ether oxygens (including phenoxy) is 1. The highest BCUT2D eigenvalue weighted by Crippen LogP contribution is 2.09. The number of hydrogen-bond acceptors (Lipinski definition) is 4. The van der Waals surface area contributed by atoms with Crippen LogP contribution in [0.3, 0.4) is 0 Å². The smallest absolute Gasteiger partial charge is 0.408 e. The van der Waals surface area contributed by atoms with Gasteiger partial charge >= 0.3 is 6.09 Å². The SMILES string of the molecule is CC(C)(C)OC(=O)N[C@H](Cc1ccc(C#N)cc1)C(N)=S. The van der Waals surface area contributed by atoms with Crippen LogP contribution in [0.2, 0.25) is 0 Å². The molecule has 0 aliphatic heterocycles. The van der Waals surface area contributed by atoms with Crippen molar-refractivity contribution >= 4 is 23.3 Å². The number of amides is 1. The summed E-state index contributed by atoms with van der Waals surface area (Å²) in [6, 6.07) is 8.58. The number of carbonyl (C=O) groups excluding carboxylic acids is 1. The van der Waals surface area contributed by atoms with Crippen LogP contribution in [0.1, 0.15) is 31.9 Å². The monoisotopic (exact) mass is 305 g/mol. The van der Waals surface area contributed by atoms with Crippen molar-refractivity contribution < 1.29 is 9.53 Å². The van der Waals surface area contributed by atoms with Gasteiger partial charge in [0.1, 0.15) is 5.60 Å². The number of nitrogens with zero attached hydrogens (tertiary/aromatic N) is 1. The molecule has 0 aromatic heterocycles. The molecule has 0 heterocycles. The fraction of sp³-hybridized carbons (Fsp3) is 0.400. The summed E-state index contributed by atoms with van der Waals surface area (Å²) in [5, 5.41) is 11.4. The van der Waals surface area contributed by atoms with E-state index in [2.05, 4.69) is 5.32 Å². The third kappa shape index (κ3) is 6.23. The maximum absolute atomic E-state index is 11.8. The molecule has 6 heteroatoms. The van der Waals surface area contributed by atoms with E-state index in [4.69, 9.17) is 28.0 Å². The number of rotatable bonds is 4. The number of hydrogen-bond donors (Lipinski definition) is 2. The van der Waals surface area contributed by atoms with Gasteiger partial charge in [0, 0.05) is 0 Å². The maximum Gasteiger partial charge on any atom is 0.408 e. The molecule has 0 radical (unpaired) electrons. The standard InChI is InChI=1S/C15H19N3O2S/c1-15(2,3)20-14(19)18-12(13(17)21)8-10-4-6-11(9-16)7-5-10/h4-7,12H,8H2,1-3H3,(H2,17,21)(H,18,19)/t12-/m1/s1. The summed E-state index contributed by atoms with van der Waals surface area (Å²) in [5.41, 5.74) is 6.57. The largest absolute Gasteiger partial charge is 0.444 e. The van der Waals surface area contributed by atoms with Crippen molar-refractivity contribution in [2.45, 2.75) is 38.8 Å². The minimum atomic E-state index is -0.584. The second-order valence-corrected chi connectivity index (χ2v) is 6.09.